The summed E-state index contributed by atoms with van der Waals surface area (Å²) in [6.07, 6.45) is 3.42. The fourth-order valence-electron chi connectivity index (χ4n) is 3.29. The van der Waals surface area contributed by atoms with Gasteiger partial charge in [-0.1, -0.05) is 48.0 Å². The van der Waals surface area contributed by atoms with E-state index in [9.17, 15) is 0 Å². The highest BCUT2D eigenvalue weighted by Gasteiger charge is 2.19. The van der Waals surface area contributed by atoms with Gasteiger partial charge in [-0.15, -0.1) is 10.2 Å². The van der Waals surface area contributed by atoms with Gasteiger partial charge >= 0.3 is 0 Å². The van der Waals surface area contributed by atoms with Crippen molar-refractivity contribution in [2.24, 2.45) is 0 Å². The van der Waals surface area contributed by atoms with Crippen LogP contribution < -0.4 is 4.90 Å². The van der Waals surface area contributed by atoms with Crippen LogP contribution in [-0.4, -0.2) is 23.3 Å². The van der Waals surface area contributed by atoms with Crippen LogP contribution in [0.1, 0.15) is 23.4 Å². The van der Waals surface area contributed by atoms with Crippen molar-refractivity contribution >= 4 is 5.57 Å². The maximum absolute atomic E-state index is 5.88. The molecule has 1 unspecified atom stereocenters. The quantitative estimate of drug-likeness (QED) is 0.799. The molecule has 3 aromatic rings. The Morgan fingerprint density at radius 3 is 2.60 bits per heavy atom. The predicted octanol–water partition coefficient (Wildman–Crippen LogP) is 2.92. The van der Waals surface area contributed by atoms with Gasteiger partial charge in [0.15, 0.2) is 6.54 Å². The Kier molecular flexibility index (Phi) is 4.44. The van der Waals surface area contributed by atoms with Crippen LogP contribution in [0.5, 0.6) is 0 Å². The fourth-order valence-corrected chi connectivity index (χ4v) is 3.29. The van der Waals surface area contributed by atoms with E-state index in [2.05, 4.69) is 65.7 Å². The summed E-state index contributed by atoms with van der Waals surface area (Å²) in [5.41, 5.74) is 4.95. The van der Waals surface area contributed by atoms with Crippen molar-refractivity contribution in [3.8, 4) is 11.5 Å². The number of hydrogen-bond acceptors (Lipinski definition) is 3. The molecule has 0 saturated heterocycles. The zero-order valence-electron chi connectivity index (χ0n) is 14.4. The Morgan fingerprint density at radius 2 is 1.84 bits per heavy atom. The Bertz CT molecular complexity index is 883. The summed E-state index contributed by atoms with van der Waals surface area (Å²) in [6.45, 7) is 4.92. The summed E-state index contributed by atoms with van der Waals surface area (Å²) in [6, 6.07) is 18.8. The van der Waals surface area contributed by atoms with Gasteiger partial charge in [0.05, 0.1) is 13.1 Å². The number of nitrogens with one attached hydrogen (secondary N) is 1. The predicted molar refractivity (Wildman–Crippen MR) is 97.9 cm³/mol. The standard InChI is InChI=1S/C21H21N3O/c1-16-6-5-9-19(14-16)21-23-22-20(25-21)15-24-12-10-18(11-13-24)17-7-3-2-4-8-17/h2-10,14H,11-13,15H2,1H3/p+1. The van der Waals surface area contributed by atoms with Gasteiger partial charge in [-0.3, -0.25) is 0 Å². The van der Waals surface area contributed by atoms with E-state index in [0.717, 1.165) is 31.6 Å². The zero-order chi connectivity index (χ0) is 17.1. The third-order valence-electron chi connectivity index (χ3n) is 4.66. The van der Waals surface area contributed by atoms with E-state index in [1.807, 2.05) is 12.1 Å². The first-order chi connectivity index (χ1) is 12.3. The second kappa shape index (κ2) is 7.03. The van der Waals surface area contributed by atoms with Crippen molar-refractivity contribution in [1.82, 2.24) is 10.2 Å². The molecule has 0 amide bonds. The van der Waals surface area contributed by atoms with E-state index in [0.29, 0.717) is 11.8 Å². The summed E-state index contributed by atoms with van der Waals surface area (Å²) >= 11 is 0. The molecule has 4 heteroatoms. The van der Waals surface area contributed by atoms with E-state index >= 15 is 0 Å². The highest BCUT2D eigenvalue weighted by molar-refractivity contribution is 5.65. The molecule has 2 heterocycles. The van der Waals surface area contributed by atoms with Crippen LogP contribution in [0.2, 0.25) is 0 Å². The summed E-state index contributed by atoms with van der Waals surface area (Å²) in [7, 11) is 0. The number of aryl methyl sites for hydroxylation is 1. The lowest BCUT2D eigenvalue weighted by molar-refractivity contribution is -0.910. The molecule has 0 bridgehead atoms. The van der Waals surface area contributed by atoms with E-state index in [-0.39, 0.29) is 0 Å². The average Bonchev–Trinajstić information content (AvgIpc) is 3.12. The van der Waals surface area contributed by atoms with E-state index in [1.54, 1.807) is 0 Å². The molecule has 0 fully saturated rings. The molecule has 0 saturated carbocycles. The van der Waals surface area contributed by atoms with Gasteiger partial charge < -0.3 is 9.32 Å². The molecule has 4 rings (SSSR count). The Morgan fingerprint density at radius 1 is 1.00 bits per heavy atom. The van der Waals surface area contributed by atoms with Crippen molar-refractivity contribution in [2.75, 3.05) is 13.1 Å². The van der Waals surface area contributed by atoms with Gasteiger partial charge in [0.1, 0.15) is 0 Å². The van der Waals surface area contributed by atoms with Crippen LogP contribution in [0, 0.1) is 6.92 Å². The molecule has 25 heavy (non-hydrogen) atoms. The molecule has 1 atom stereocenters. The molecule has 0 radical (unpaired) electrons. The lowest BCUT2D eigenvalue weighted by Gasteiger charge is -2.22. The van der Waals surface area contributed by atoms with Crippen molar-refractivity contribution in [3.63, 3.8) is 0 Å². The van der Waals surface area contributed by atoms with Crippen LogP contribution in [-0.2, 0) is 6.54 Å². The number of rotatable bonds is 4. The molecule has 4 nitrogen and oxygen atoms in total. The molecule has 1 aromatic heterocycles. The normalized spacial score (nSPS) is 17.3. The van der Waals surface area contributed by atoms with Crippen LogP contribution in [0.25, 0.3) is 17.0 Å². The van der Waals surface area contributed by atoms with Gasteiger partial charge in [0.2, 0.25) is 5.89 Å². The first-order valence-electron chi connectivity index (χ1n) is 8.75. The average molecular weight is 332 g/mol. The number of aromatic nitrogens is 2. The van der Waals surface area contributed by atoms with Gasteiger partial charge in [0, 0.05) is 12.0 Å². The second-order valence-electron chi connectivity index (χ2n) is 6.60. The lowest BCUT2D eigenvalue weighted by Crippen LogP contribution is -3.11. The number of hydrogen-bond donors (Lipinski definition) is 1. The monoisotopic (exact) mass is 332 g/mol. The first-order valence-corrected chi connectivity index (χ1v) is 8.75. The Hall–Kier alpha value is -2.72. The molecule has 1 N–H and O–H groups in total. The summed E-state index contributed by atoms with van der Waals surface area (Å²) in [4.78, 5) is 1.46. The highest BCUT2D eigenvalue weighted by Crippen LogP contribution is 2.19. The molecular formula is C21H22N3O+. The summed E-state index contributed by atoms with van der Waals surface area (Å²) in [5.74, 6) is 1.32. The van der Waals surface area contributed by atoms with E-state index in [4.69, 9.17) is 4.42 Å². The fraction of sp³-hybridized carbons (Fsp3) is 0.238. The number of quaternary nitrogens is 1. The summed E-state index contributed by atoms with van der Waals surface area (Å²) in [5, 5.41) is 8.45. The molecular weight excluding hydrogens is 310 g/mol. The minimum absolute atomic E-state index is 0.607. The van der Waals surface area contributed by atoms with E-state index in [1.165, 1.54) is 21.6 Å². The van der Waals surface area contributed by atoms with Crippen LogP contribution in [0.3, 0.4) is 0 Å². The SMILES string of the molecule is Cc1cccc(-c2nnc(C[NH+]3CC=C(c4ccccc4)CC3)o2)c1. The third-order valence-corrected chi connectivity index (χ3v) is 4.66. The van der Waals surface area contributed by atoms with Gasteiger partial charge in [-0.05, 0) is 36.3 Å². The maximum atomic E-state index is 5.88. The molecule has 0 spiro atoms. The third kappa shape index (κ3) is 3.69. The summed E-state index contributed by atoms with van der Waals surface area (Å²) < 4.78 is 5.88. The second-order valence-corrected chi connectivity index (χ2v) is 6.60. The van der Waals surface area contributed by atoms with Gasteiger partial charge in [0.25, 0.3) is 5.89 Å². The molecule has 1 aliphatic rings. The maximum Gasteiger partial charge on any atom is 0.271 e. The van der Waals surface area contributed by atoms with Crippen LogP contribution in [0.4, 0.5) is 0 Å². The number of nitrogens with zero attached hydrogens (tertiary/aromatic N) is 2. The Labute approximate surface area is 147 Å². The molecule has 126 valence electrons. The van der Waals surface area contributed by atoms with Crippen LogP contribution in [0.15, 0.2) is 65.1 Å². The van der Waals surface area contributed by atoms with Crippen LogP contribution >= 0.6 is 0 Å². The van der Waals surface area contributed by atoms with Gasteiger partial charge in [-0.2, -0.15) is 0 Å². The minimum Gasteiger partial charge on any atom is -0.415 e. The number of benzene rings is 2. The minimum atomic E-state index is 0.607. The molecule has 2 aromatic carbocycles. The highest BCUT2D eigenvalue weighted by atomic mass is 16.4. The van der Waals surface area contributed by atoms with Crippen molar-refractivity contribution < 1.29 is 9.32 Å². The van der Waals surface area contributed by atoms with Crippen molar-refractivity contribution in [1.29, 1.82) is 0 Å². The first kappa shape index (κ1) is 15.8. The van der Waals surface area contributed by atoms with Gasteiger partial charge in [-0.25, -0.2) is 0 Å². The molecule has 1 aliphatic heterocycles. The zero-order valence-corrected chi connectivity index (χ0v) is 14.4. The van der Waals surface area contributed by atoms with Crippen molar-refractivity contribution in [3.05, 3.63) is 77.7 Å². The largest absolute Gasteiger partial charge is 0.415 e. The topological polar surface area (TPSA) is 43.4 Å². The van der Waals surface area contributed by atoms with E-state index < -0.39 is 0 Å². The smallest absolute Gasteiger partial charge is 0.271 e. The Balaban J connectivity index is 1.42. The lowest BCUT2D eigenvalue weighted by atomic mass is 10.00. The van der Waals surface area contributed by atoms with Crippen molar-refractivity contribution in [2.45, 2.75) is 19.9 Å². The molecule has 0 aliphatic carbocycles.